The first-order chi connectivity index (χ1) is 12.5. The summed E-state index contributed by atoms with van der Waals surface area (Å²) >= 11 is 5.93. The Morgan fingerprint density at radius 2 is 2.15 bits per heavy atom. The van der Waals surface area contributed by atoms with Crippen LogP contribution in [0.4, 0.5) is 5.69 Å². The van der Waals surface area contributed by atoms with E-state index >= 15 is 0 Å². The molecule has 1 heterocycles. The summed E-state index contributed by atoms with van der Waals surface area (Å²) in [6.07, 6.45) is 0. The lowest BCUT2D eigenvalue weighted by atomic mass is 10.2. The number of nitrogens with zero attached hydrogens (tertiary/aromatic N) is 3. The molecule has 0 saturated heterocycles. The van der Waals surface area contributed by atoms with E-state index in [9.17, 15) is 20.5 Å². The molecule has 0 saturated carbocycles. The van der Waals surface area contributed by atoms with E-state index in [1.165, 1.54) is 12.1 Å². The molecule has 0 spiro atoms. The first-order valence-corrected chi connectivity index (χ1v) is 7.71. The van der Waals surface area contributed by atoms with Gasteiger partial charge in [-0.1, -0.05) is 23.7 Å². The second-order valence-electron chi connectivity index (χ2n) is 5.20. The number of non-ortho nitro benzene ring substituents is 1. The summed E-state index contributed by atoms with van der Waals surface area (Å²) < 4.78 is 5.36. The number of aliphatic hydroxyl groups excluding tert-OH is 1. The SMILES string of the molecule is N#CC(=C(O)COc1ccc([N+](=O)[O-])cc1Cl)c1nc2ccccc2[nH]1. The normalized spacial score (nSPS) is 11.7. The summed E-state index contributed by atoms with van der Waals surface area (Å²) in [5.41, 5.74) is 1.13. The molecule has 0 aliphatic heterocycles. The summed E-state index contributed by atoms with van der Waals surface area (Å²) in [5, 5.41) is 30.3. The molecule has 2 N–H and O–H groups in total. The van der Waals surface area contributed by atoms with Gasteiger partial charge in [-0.3, -0.25) is 10.1 Å². The van der Waals surface area contributed by atoms with E-state index in [0.717, 1.165) is 11.6 Å². The van der Waals surface area contributed by atoms with Gasteiger partial charge in [-0.05, 0) is 18.2 Å². The number of hydrogen-bond donors (Lipinski definition) is 2. The molecule has 2 aromatic carbocycles. The van der Waals surface area contributed by atoms with Crippen molar-refractivity contribution in [3.8, 4) is 11.8 Å². The van der Waals surface area contributed by atoms with Crippen LogP contribution in [0.15, 0.2) is 48.2 Å². The van der Waals surface area contributed by atoms with E-state index in [-0.39, 0.29) is 40.2 Å². The highest BCUT2D eigenvalue weighted by Crippen LogP contribution is 2.29. The Balaban J connectivity index is 1.83. The van der Waals surface area contributed by atoms with Crippen LogP contribution in [-0.4, -0.2) is 26.6 Å². The van der Waals surface area contributed by atoms with E-state index in [4.69, 9.17) is 16.3 Å². The molecular formula is C17H11ClN4O4. The number of aliphatic hydroxyl groups is 1. The molecule has 0 aliphatic rings. The quantitative estimate of drug-likeness (QED) is 0.302. The summed E-state index contributed by atoms with van der Waals surface area (Å²) in [5.74, 6) is 0.0104. The number of aromatic amines is 1. The first kappa shape index (κ1) is 17.3. The fraction of sp³-hybridized carbons (Fsp3) is 0.0588. The molecule has 0 atom stereocenters. The van der Waals surface area contributed by atoms with Crippen molar-refractivity contribution in [2.24, 2.45) is 0 Å². The van der Waals surface area contributed by atoms with Gasteiger partial charge < -0.3 is 14.8 Å². The van der Waals surface area contributed by atoms with Gasteiger partial charge in [-0.2, -0.15) is 5.26 Å². The van der Waals surface area contributed by atoms with Crippen LogP contribution >= 0.6 is 11.6 Å². The molecule has 130 valence electrons. The lowest BCUT2D eigenvalue weighted by molar-refractivity contribution is -0.384. The minimum atomic E-state index is -0.581. The van der Waals surface area contributed by atoms with Gasteiger partial charge in [0.15, 0.2) is 11.6 Å². The van der Waals surface area contributed by atoms with Crippen LogP contribution in [0, 0.1) is 21.4 Å². The van der Waals surface area contributed by atoms with Gasteiger partial charge in [0, 0.05) is 12.1 Å². The number of nitro benzene ring substituents is 1. The number of halogens is 1. The number of benzene rings is 2. The molecule has 0 aliphatic carbocycles. The van der Waals surface area contributed by atoms with Crippen molar-refractivity contribution in [2.75, 3.05) is 6.61 Å². The number of aromatic nitrogens is 2. The van der Waals surface area contributed by atoms with Crippen LogP contribution in [0.2, 0.25) is 5.02 Å². The number of ether oxygens (including phenoxy) is 1. The number of para-hydroxylation sites is 2. The largest absolute Gasteiger partial charge is 0.507 e. The maximum atomic E-state index is 10.7. The smallest absolute Gasteiger partial charge is 0.271 e. The predicted octanol–water partition coefficient (Wildman–Crippen LogP) is 4.00. The average Bonchev–Trinajstić information content (AvgIpc) is 3.04. The fourth-order valence-corrected chi connectivity index (χ4v) is 2.49. The maximum Gasteiger partial charge on any atom is 0.271 e. The van der Waals surface area contributed by atoms with E-state index in [0.29, 0.717) is 5.52 Å². The van der Waals surface area contributed by atoms with Gasteiger partial charge in [0.2, 0.25) is 0 Å². The number of fused-ring (bicyclic) bond motifs is 1. The Morgan fingerprint density at radius 3 is 2.81 bits per heavy atom. The molecule has 0 fully saturated rings. The zero-order chi connectivity index (χ0) is 18.7. The Hall–Kier alpha value is -3.57. The number of rotatable bonds is 5. The third kappa shape index (κ3) is 3.43. The van der Waals surface area contributed by atoms with E-state index in [2.05, 4.69) is 9.97 Å². The van der Waals surface area contributed by atoms with Crippen LogP contribution in [0.25, 0.3) is 16.6 Å². The van der Waals surface area contributed by atoms with Crippen molar-refractivity contribution in [1.29, 1.82) is 5.26 Å². The van der Waals surface area contributed by atoms with Crippen LogP contribution in [0.3, 0.4) is 0 Å². The zero-order valence-corrected chi connectivity index (χ0v) is 13.9. The third-order valence-electron chi connectivity index (χ3n) is 3.52. The fourth-order valence-electron chi connectivity index (χ4n) is 2.26. The number of H-pyrrole nitrogens is 1. The van der Waals surface area contributed by atoms with Gasteiger partial charge in [0.05, 0.1) is 21.0 Å². The molecular weight excluding hydrogens is 360 g/mol. The van der Waals surface area contributed by atoms with Crippen molar-refractivity contribution in [1.82, 2.24) is 9.97 Å². The predicted molar refractivity (Wildman–Crippen MR) is 94.9 cm³/mol. The number of nitriles is 1. The van der Waals surface area contributed by atoms with Gasteiger partial charge in [0.25, 0.3) is 5.69 Å². The van der Waals surface area contributed by atoms with Gasteiger partial charge >= 0.3 is 0 Å². The number of allylic oxidation sites excluding steroid dienone is 1. The molecule has 0 radical (unpaired) electrons. The lowest BCUT2D eigenvalue weighted by Gasteiger charge is -2.08. The van der Waals surface area contributed by atoms with Crippen molar-refractivity contribution >= 4 is 33.9 Å². The molecule has 9 heteroatoms. The summed E-state index contributed by atoms with van der Waals surface area (Å²) in [4.78, 5) is 17.3. The van der Waals surface area contributed by atoms with Crippen molar-refractivity contribution in [3.63, 3.8) is 0 Å². The molecule has 8 nitrogen and oxygen atoms in total. The topological polar surface area (TPSA) is 125 Å². The van der Waals surface area contributed by atoms with Crippen LogP contribution < -0.4 is 4.74 Å². The lowest BCUT2D eigenvalue weighted by Crippen LogP contribution is -2.04. The van der Waals surface area contributed by atoms with E-state index < -0.39 is 4.92 Å². The third-order valence-corrected chi connectivity index (χ3v) is 3.81. The highest BCUT2D eigenvalue weighted by atomic mass is 35.5. The number of nitro groups is 1. The van der Waals surface area contributed by atoms with Crippen molar-refractivity contribution < 1.29 is 14.8 Å². The Morgan fingerprint density at radius 1 is 1.38 bits per heavy atom. The Bertz CT molecular complexity index is 1040. The molecule has 3 rings (SSSR count). The number of hydrogen-bond acceptors (Lipinski definition) is 6. The number of nitrogens with one attached hydrogen (secondary N) is 1. The van der Waals surface area contributed by atoms with E-state index in [1.54, 1.807) is 12.1 Å². The maximum absolute atomic E-state index is 10.7. The number of imidazole rings is 1. The second-order valence-corrected chi connectivity index (χ2v) is 5.60. The molecule has 0 bridgehead atoms. The van der Waals surface area contributed by atoms with Gasteiger partial charge in [-0.15, -0.1) is 0 Å². The van der Waals surface area contributed by atoms with Crippen molar-refractivity contribution in [3.05, 3.63) is 69.2 Å². The molecule has 0 unspecified atom stereocenters. The summed E-state index contributed by atoms with van der Waals surface area (Å²) in [7, 11) is 0. The highest BCUT2D eigenvalue weighted by molar-refractivity contribution is 6.32. The Labute approximate surface area is 152 Å². The average molecular weight is 371 g/mol. The van der Waals surface area contributed by atoms with Crippen LogP contribution in [0.1, 0.15) is 5.82 Å². The summed E-state index contributed by atoms with van der Waals surface area (Å²) in [6.45, 7) is -0.350. The van der Waals surface area contributed by atoms with Crippen LogP contribution in [0.5, 0.6) is 5.75 Å². The van der Waals surface area contributed by atoms with Gasteiger partial charge in [-0.25, -0.2) is 4.98 Å². The zero-order valence-electron chi connectivity index (χ0n) is 13.1. The van der Waals surface area contributed by atoms with Gasteiger partial charge in [0.1, 0.15) is 24.0 Å². The molecule has 1 aromatic heterocycles. The minimum absolute atomic E-state index is 0.0224. The van der Waals surface area contributed by atoms with Crippen molar-refractivity contribution in [2.45, 2.75) is 0 Å². The minimum Gasteiger partial charge on any atom is -0.507 e. The highest BCUT2D eigenvalue weighted by Gasteiger charge is 2.15. The molecule has 0 amide bonds. The van der Waals surface area contributed by atoms with E-state index in [1.807, 2.05) is 18.2 Å². The standard InChI is InChI=1S/C17H11ClN4O4/c18-12-7-10(22(24)25)5-6-16(12)26-9-15(23)11(8-19)17-20-13-3-1-2-4-14(13)21-17/h1-7,23H,9H2,(H,20,21). The second kappa shape index (κ2) is 7.13. The monoisotopic (exact) mass is 370 g/mol. The Kier molecular flexibility index (Phi) is 4.73. The summed E-state index contributed by atoms with van der Waals surface area (Å²) in [6, 6.07) is 12.8. The first-order valence-electron chi connectivity index (χ1n) is 7.33. The molecule has 3 aromatic rings. The molecule has 26 heavy (non-hydrogen) atoms. The van der Waals surface area contributed by atoms with Crippen LogP contribution in [-0.2, 0) is 0 Å².